The summed E-state index contributed by atoms with van der Waals surface area (Å²) in [6.45, 7) is 2.55. The van der Waals surface area contributed by atoms with Crippen molar-refractivity contribution in [1.29, 1.82) is 5.26 Å². The van der Waals surface area contributed by atoms with Crippen molar-refractivity contribution in [2.45, 2.75) is 25.8 Å². The van der Waals surface area contributed by atoms with Crippen LogP contribution in [0.5, 0.6) is 0 Å². The minimum Gasteiger partial charge on any atom is -0.357 e. The van der Waals surface area contributed by atoms with Gasteiger partial charge in [-0.05, 0) is 42.2 Å². The van der Waals surface area contributed by atoms with E-state index in [2.05, 4.69) is 31.5 Å². The van der Waals surface area contributed by atoms with Crippen molar-refractivity contribution in [3.8, 4) is 6.07 Å². The summed E-state index contributed by atoms with van der Waals surface area (Å²) < 4.78 is 0. The van der Waals surface area contributed by atoms with Gasteiger partial charge in [0.1, 0.15) is 5.82 Å². The van der Waals surface area contributed by atoms with Crippen LogP contribution in [0, 0.1) is 11.3 Å². The second-order valence-electron chi connectivity index (χ2n) is 7.01. The second kappa shape index (κ2) is 8.52. The third-order valence-electron chi connectivity index (χ3n) is 4.81. The molecule has 1 aliphatic heterocycles. The summed E-state index contributed by atoms with van der Waals surface area (Å²) in [7, 11) is 0. The Morgan fingerprint density at radius 2 is 1.83 bits per heavy atom. The number of carbonyl (C=O) groups is 1. The molecule has 4 rings (SSSR count). The summed E-state index contributed by atoms with van der Waals surface area (Å²) in [5.74, 6) is 1.22. The number of hydrogen-bond acceptors (Lipinski definition) is 6. The first-order chi connectivity index (χ1) is 14.2. The van der Waals surface area contributed by atoms with Crippen LogP contribution in [-0.4, -0.2) is 39.0 Å². The van der Waals surface area contributed by atoms with Crippen LogP contribution in [0.3, 0.4) is 0 Å². The van der Waals surface area contributed by atoms with E-state index in [-0.39, 0.29) is 12.3 Å². The van der Waals surface area contributed by atoms with Gasteiger partial charge in [0.2, 0.25) is 5.91 Å². The Morgan fingerprint density at radius 1 is 1.07 bits per heavy atom. The number of aromatic nitrogens is 4. The lowest BCUT2D eigenvalue weighted by Crippen LogP contribution is -2.19. The van der Waals surface area contributed by atoms with Gasteiger partial charge in [0, 0.05) is 19.3 Å². The first kappa shape index (κ1) is 18.6. The fourth-order valence-corrected chi connectivity index (χ4v) is 3.31. The Balaban J connectivity index is 1.31. The Labute approximate surface area is 168 Å². The van der Waals surface area contributed by atoms with Gasteiger partial charge in [0.05, 0.1) is 30.8 Å². The van der Waals surface area contributed by atoms with E-state index in [1.807, 2.05) is 24.3 Å². The Morgan fingerprint density at radius 3 is 2.52 bits per heavy atom. The van der Waals surface area contributed by atoms with Gasteiger partial charge in [-0.25, -0.2) is 4.98 Å². The van der Waals surface area contributed by atoms with Crippen molar-refractivity contribution in [2.24, 2.45) is 0 Å². The monoisotopic (exact) mass is 387 g/mol. The zero-order chi connectivity index (χ0) is 20.1. The lowest BCUT2D eigenvalue weighted by atomic mass is 10.1. The van der Waals surface area contributed by atoms with E-state index in [1.54, 1.807) is 18.3 Å². The number of rotatable bonds is 6. The van der Waals surface area contributed by atoms with Crippen molar-refractivity contribution < 1.29 is 4.79 Å². The molecule has 1 N–H and O–H groups in total. The topological polar surface area (TPSA) is 99.7 Å². The van der Waals surface area contributed by atoms with Gasteiger partial charge in [-0.15, -0.1) is 5.10 Å². The predicted molar refractivity (Wildman–Crippen MR) is 108 cm³/mol. The highest BCUT2D eigenvalue weighted by Gasteiger charge is 2.14. The molecule has 0 saturated carbocycles. The summed E-state index contributed by atoms with van der Waals surface area (Å²) in [4.78, 5) is 20.5. The van der Waals surface area contributed by atoms with Gasteiger partial charge in [-0.3, -0.25) is 4.79 Å². The molecule has 0 spiro atoms. The molecule has 3 aromatic rings. The zero-order valence-electron chi connectivity index (χ0n) is 16.0. The van der Waals surface area contributed by atoms with Gasteiger partial charge in [-0.2, -0.15) is 15.2 Å². The van der Waals surface area contributed by atoms with Gasteiger partial charge < -0.3 is 10.2 Å². The summed E-state index contributed by atoms with van der Waals surface area (Å²) in [5.41, 5.74) is 2.44. The van der Waals surface area contributed by atoms with Gasteiger partial charge >= 0.3 is 0 Å². The molecular formula is C21H21N7O. The maximum atomic E-state index is 12.3. The molecule has 1 aliphatic rings. The van der Waals surface area contributed by atoms with E-state index < -0.39 is 0 Å². The van der Waals surface area contributed by atoms with Crippen molar-refractivity contribution in [1.82, 2.24) is 20.0 Å². The van der Waals surface area contributed by atoms with E-state index in [0.29, 0.717) is 17.9 Å². The van der Waals surface area contributed by atoms with Crippen LogP contribution in [0.4, 0.5) is 11.6 Å². The van der Waals surface area contributed by atoms with Gasteiger partial charge in [-0.1, -0.05) is 18.2 Å². The number of anilines is 2. The van der Waals surface area contributed by atoms with Crippen LogP contribution >= 0.6 is 0 Å². The first-order valence-corrected chi connectivity index (χ1v) is 9.58. The molecule has 8 heteroatoms. The van der Waals surface area contributed by atoms with Crippen LogP contribution in [0.1, 0.15) is 29.5 Å². The average Bonchev–Trinajstić information content (AvgIpc) is 3.42. The normalized spacial score (nSPS) is 13.3. The van der Waals surface area contributed by atoms with E-state index in [0.717, 1.165) is 30.0 Å². The van der Waals surface area contributed by atoms with E-state index in [9.17, 15) is 4.79 Å². The average molecular weight is 387 g/mol. The molecule has 146 valence electrons. The molecule has 0 aliphatic carbocycles. The molecular weight excluding hydrogens is 366 g/mol. The molecule has 0 bridgehead atoms. The van der Waals surface area contributed by atoms with E-state index >= 15 is 0 Å². The second-order valence-corrected chi connectivity index (χ2v) is 7.01. The van der Waals surface area contributed by atoms with Crippen LogP contribution in [0.25, 0.3) is 0 Å². The molecule has 1 fully saturated rings. The number of pyridine rings is 1. The number of hydrogen-bond donors (Lipinski definition) is 1. The zero-order valence-corrected chi connectivity index (χ0v) is 16.0. The van der Waals surface area contributed by atoms with E-state index in [1.165, 1.54) is 23.8 Å². The highest BCUT2D eigenvalue weighted by Crippen LogP contribution is 2.17. The number of benzene rings is 1. The van der Waals surface area contributed by atoms with Crippen LogP contribution in [0.15, 0.2) is 48.8 Å². The molecule has 0 radical (unpaired) electrons. The summed E-state index contributed by atoms with van der Waals surface area (Å²) >= 11 is 0. The van der Waals surface area contributed by atoms with Crippen LogP contribution in [0.2, 0.25) is 0 Å². The van der Waals surface area contributed by atoms with Crippen molar-refractivity contribution in [2.75, 3.05) is 23.3 Å². The third kappa shape index (κ3) is 4.76. The largest absolute Gasteiger partial charge is 0.357 e. The highest BCUT2D eigenvalue weighted by atomic mass is 16.1. The lowest BCUT2D eigenvalue weighted by Gasteiger charge is -2.16. The van der Waals surface area contributed by atoms with E-state index in [4.69, 9.17) is 5.26 Å². The van der Waals surface area contributed by atoms with Crippen LogP contribution < -0.4 is 10.2 Å². The molecule has 1 aromatic carbocycles. The minimum absolute atomic E-state index is 0.161. The predicted octanol–water partition coefficient (Wildman–Crippen LogP) is 2.37. The molecule has 1 amide bonds. The van der Waals surface area contributed by atoms with Crippen molar-refractivity contribution in [3.05, 3.63) is 65.5 Å². The Bertz CT molecular complexity index is 1010. The van der Waals surface area contributed by atoms with Gasteiger partial charge in [0.25, 0.3) is 0 Å². The number of nitrogens with one attached hydrogen (secondary N) is 1. The van der Waals surface area contributed by atoms with Crippen LogP contribution in [-0.2, 0) is 17.8 Å². The number of amides is 1. The molecule has 29 heavy (non-hydrogen) atoms. The summed E-state index contributed by atoms with van der Waals surface area (Å²) in [6.07, 6.45) is 5.93. The summed E-state index contributed by atoms with van der Waals surface area (Å²) in [5, 5.41) is 20.1. The summed E-state index contributed by atoms with van der Waals surface area (Å²) in [6, 6.07) is 13.2. The Kier molecular flexibility index (Phi) is 5.47. The first-order valence-electron chi connectivity index (χ1n) is 9.58. The molecule has 8 nitrogen and oxygen atoms in total. The number of carbonyl (C=O) groups excluding carboxylic acids is 1. The van der Waals surface area contributed by atoms with Crippen molar-refractivity contribution in [3.63, 3.8) is 0 Å². The number of nitrogens with zero attached hydrogens (tertiary/aromatic N) is 6. The highest BCUT2D eigenvalue weighted by molar-refractivity contribution is 5.91. The molecule has 2 aromatic heterocycles. The SMILES string of the molecule is N#Cc1ccc(Cn2ncc(NC(=O)Cc3ccc(N4CCCC4)nc3)n2)cc1. The smallest absolute Gasteiger partial charge is 0.230 e. The fraction of sp³-hybridized carbons (Fsp3) is 0.286. The molecule has 1 saturated heterocycles. The standard InChI is InChI=1S/C21H21N7O/c22-12-16-3-5-17(6-4-16)15-28-24-14-19(26-28)25-21(29)11-18-7-8-20(23-13-18)27-9-1-2-10-27/h3-8,13-14H,1-2,9-11,15H2,(H,25,26,29). The maximum Gasteiger partial charge on any atom is 0.230 e. The molecule has 0 unspecified atom stereocenters. The third-order valence-corrected chi connectivity index (χ3v) is 4.81. The molecule has 3 heterocycles. The quantitative estimate of drug-likeness (QED) is 0.697. The fourth-order valence-electron chi connectivity index (χ4n) is 3.31. The minimum atomic E-state index is -0.161. The molecule has 0 atom stereocenters. The van der Waals surface area contributed by atoms with Gasteiger partial charge in [0.15, 0.2) is 5.82 Å². The Hall–Kier alpha value is -3.73. The van der Waals surface area contributed by atoms with Crippen molar-refractivity contribution >= 4 is 17.5 Å². The lowest BCUT2D eigenvalue weighted by molar-refractivity contribution is -0.115. The number of nitriles is 1. The maximum absolute atomic E-state index is 12.3.